The van der Waals surface area contributed by atoms with Crippen LogP contribution in [0.15, 0.2) is 71.3 Å². The second-order valence-corrected chi connectivity index (χ2v) is 8.65. The number of hydrogen-bond acceptors (Lipinski definition) is 5. The van der Waals surface area contributed by atoms with E-state index in [2.05, 4.69) is 28.6 Å². The normalized spacial score (nSPS) is 11.8. The number of anilines is 2. The molecular weight excluding hydrogens is 430 g/mol. The number of pyridine rings is 1. The first-order valence-electron chi connectivity index (χ1n) is 9.96. The largest absolute Gasteiger partial charge is 0.459 e. The smallest absolute Gasteiger partial charge is 0.291 e. The molecule has 0 saturated heterocycles. The summed E-state index contributed by atoms with van der Waals surface area (Å²) < 4.78 is 5.26. The van der Waals surface area contributed by atoms with Crippen molar-refractivity contribution in [2.75, 3.05) is 10.6 Å². The highest BCUT2D eigenvalue weighted by molar-refractivity contribution is 7.16. The lowest BCUT2D eigenvalue weighted by Crippen LogP contribution is -2.17. The number of halogens is 1. The summed E-state index contributed by atoms with van der Waals surface area (Å²) in [5.74, 6) is 0.733. The number of nitrogens with one attached hydrogen (secondary N) is 2. The van der Waals surface area contributed by atoms with Gasteiger partial charge in [-0.25, -0.2) is 4.98 Å². The Bertz CT molecular complexity index is 1190. The molecular formula is C24H22ClN3O2S. The number of thiophene rings is 1. The summed E-state index contributed by atoms with van der Waals surface area (Å²) in [4.78, 5) is 18.5. The molecule has 2 N–H and O–H groups in total. The molecule has 3 heterocycles. The van der Waals surface area contributed by atoms with Crippen molar-refractivity contribution in [2.24, 2.45) is 0 Å². The Kier molecular flexibility index (Phi) is 6.39. The Morgan fingerprint density at radius 2 is 2.00 bits per heavy atom. The highest BCUT2D eigenvalue weighted by Gasteiger charge is 2.23. The number of nitrogens with zero attached hydrogens (tertiary/aromatic N) is 1. The first kappa shape index (κ1) is 21.2. The lowest BCUT2D eigenvalue weighted by molar-refractivity contribution is 0.0997. The summed E-state index contributed by atoms with van der Waals surface area (Å²) in [6.45, 7) is 4.05. The van der Waals surface area contributed by atoms with E-state index in [4.69, 9.17) is 16.0 Å². The van der Waals surface area contributed by atoms with Gasteiger partial charge in [-0.2, -0.15) is 0 Å². The second-order valence-electron chi connectivity index (χ2n) is 7.08. The quantitative estimate of drug-likeness (QED) is 0.327. The lowest BCUT2D eigenvalue weighted by Gasteiger charge is -2.21. The average molecular weight is 452 g/mol. The van der Waals surface area contributed by atoms with Gasteiger partial charge >= 0.3 is 0 Å². The highest BCUT2D eigenvalue weighted by atomic mass is 35.5. The van der Waals surface area contributed by atoms with Gasteiger partial charge < -0.3 is 15.1 Å². The molecule has 1 amide bonds. The molecule has 5 nitrogen and oxygen atoms in total. The van der Waals surface area contributed by atoms with Gasteiger partial charge in [-0.3, -0.25) is 4.79 Å². The van der Waals surface area contributed by atoms with Crippen LogP contribution in [0.3, 0.4) is 0 Å². The molecule has 0 radical (unpaired) electrons. The molecule has 0 bridgehead atoms. The first-order valence-corrected chi connectivity index (χ1v) is 11.2. The number of aryl methyl sites for hydroxylation is 2. The van der Waals surface area contributed by atoms with Crippen LogP contribution in [0.5, 0.6) is 0 Å². The summed E-state index contributed by atoms with van der Waals surface area (Å²) in [7, 11) is 0. The number of rotatable bonds is 7. The fourth-order valence-electron chi connectivity index (χ4n) is 3.32. The van der Waals surface area contributed by atoms with Crippen molar-refractivity contribution >= 4 is 39.7 Å². The molecule has 0 unspecified atom stereocenters. The van der Waals surface area contributed by atoms with E-state index in [-0.39, 0.29) is 17.7 Å². The summed E-state index contributed by atoms with van der Waals surface area (Å²) in [6, 6.07) is 18.8. The topological polar surface area (TPSA) is 67.2 Å². The zero-order valence-corrected chi connectivity index (χ0v) is 18.8. The summed E-state index contributed by atoms with van der Waals surface area (Å²) in [6.07, 6.45) is 2.35. The van der Waals surface area contributed by atoms with Gasteiger partial charge in [0.15, 0.2) is 5.76 Å². The van der Waals surface area contributed by atoms with Crippen molar-refractivity contribution in [3.05, 3.63) is 99.4 Å². The molecule has 158 valence electrons. The van der Waals surface area contributed by atoms with E-state index in [0.29, 0.717) is 5.02 Å². The minimum absolute atomic E-state index is 0.253. The van der Waals surface area contributed by atoms with Crippen molar-refractivity contribution in [1.82, 2.24) is 4.98 Å². The standard InChI is InChI=1S/C24H22ClN3O2S/c1-3-18-14-19(24(31-18)28-23(29)20-10-6-12-30-20)22(16-8-5-9-17(25)13-16)27-21-11-4-7-15(2)26-21/h4-14,22H,3H2,1-2H3,(H,26,27)(H,28,29)/t22-/m0/s1. The Morgan fingerprint density at radius 3 is 2.71 bits per heavy atom. The van der Waals surface area contributed by atoms with Gasteiger partial charge in [0.1, 0.15) is 10.8 Å². The molecule has 0 fully saturated rings. The average Bonchev–Trinajstić information content (AvgIpc) is 3.42. The molecule has 7 heteroatoms. The van der Waals surface area contributed by atoms with Gasteiger partial charge in [0.05, 0.1) is 12.3 Å². The fraction of sp³-hybridized carbons (Fsp3) is 0.167. The van der Waals surface area contributed by atoms with Crippen molar-refractivity contribution in [3.8, 4) is 0 Å². The minimum atomic E-state index is -0.283. The van der Waals surface area contributed by atoms with Gasteiger partial charge in [0.2, 0.25) is 0 Å². The molecule has 0 aliphatic carbocycles. The number of carbonyl (C=O) groups is 1. The minimum Gasteiger partial charge on any atom is -0.459 e. The van der Waals surface area contributed by atoms with Gasteiger partial charge in [0.25, 0.3) is 5.91 Å². The number of hydrogen-bond donors (Lipinski definition) is 2. The maximum absolute atomic E-state index is 12.7. The predicted molar refractivity (Wildman–Crippen MR) is 126 cm³/mol. The van der Waals surface area contributed by atoms with Crippen molar-refractivity contribution < 1.29 is 9.21 Å². The SMILES string of the molecule is CCc1cc([C@@H](Nc2cccc(C)n2)c2cccc(Cl)c2)c(NC(=O)c2ccco2)s1. The predicted octanol–water partition coefficient (Wildman–Crippen LogP) is 6.71. The molecule has 0 aliphatic heterocycles. The maximum Gasteiger partial charge on any atom is 0.291 e. The van der Waals surface area contributed by atoms with Gasteiger partial charge in [0, 0.05) is 21.2 Å². The van der Waals surface area contributed by atoms with Gasteiger partial charge in [-0.15, -0.1) is 11.3 Å². The maximum atomic E-state index is 12.7. The second kappa shape index (κ2) is 9.37. The van der Waals surface area contributed by atoms with Crippen LogP contribution in [0.1, 0.15) is 45.2 Å². The molecule has 0 spiro atoms. The monoisotopic (exact) mass is 451 g/mol. The zero-order chi connectivity index (χ0) is 21.8. The van der Waals surface area contributed by atoms with E-state index >= 15 is 0 Å². The molecule has 1 aromatic carbocycles. The van der Waals surface area contributed by atoms with Crippen LogP contribution in [0.2, 0.25) is 5.02 Å². The van der Waals surface area contributed by atoms with E-state index in [0.717, 1.165) is 38.9 Å². The number of carbonyl (C=O) groups excluding carboxylic acids is 1. The van der Waals surface area contributed by atoms with Gasteiger partial charge in [-0.1, -0.05) is 36.7 Å². The molecule has 3 aromatic heterocycles. The third kappa shape index (κ3) is 4.98. The number of aromatic nitrogens is 1. The van der Waals surface area contributed by atoms with E-state index in [1.165, 1.54) is 6.26 Å². The lowest BCUT2D eigenvalue weighted by atomic mass is 9.99. The van der Waals surface area contributed by atoms with Crippen LogP contribution < -0.4 is 10.6 Å². The molecule has 0 aliphatic rings. The molecule has 31 heavy (non-hydrogen) atoms. The zero-order valence-electron chi connectivity index (χ0n) is 17.2. The van der Waals surface area contributed by atoms with Crippen LogP contribution in [-0.2, 0) is 6.42 Å². The van der Waals surface area contributed by atoms with Crippen LogP contribution in [0, 0.1) is 6.92 Å². The van der Waals surface area contributed by atoms with Crippen LogP contribution in [0.25, 0.3) is 0 Å². The molecule has 4 aromatic rings. The van der Waals surface area contributed by atoms with Crippen molar-refractivity contribution in [1.29, 1.82) is 0 Å². The van der Waals surface area contributed by atoms with E-state index < -0.39 is 0 Å². The van der Waals surface area contributed by atoms with Crippen molar-refractivity contribution in [3.63, 3.8) is 0 Å². The fourth-order valence-corrected chi connectivity index (χ4v) is 4.54. The summed E-state index contributed by atoms with van der Waals surface area (Å²) in [5.41, 5.74) is 2.85. The Morgan fingerprint density at radius 1 is 1.16 bits per heavy atom. The summed E-state index contributed by atoms with van der Waals surface area (Å²) >= 11 is 7.86. The van der Waals surface area contributed by atoms with Crippen LogP contribution in [-0.4, -0.2) is 10.9 Å². The Hall–Kier alpha value is -3.09. The number of benzene rings is 1. The van der Waals surface area contributed by atoms with E-state index in [1.807, 2.05) is 49.4 Å². The third-order valence-corrected chi connectivity index (χ3v) is 6.25. The van der Waals surface area contributed by atoms with Crippen LogP contribution in [0.4, 0.5) is 10.8 Å². The number of furan rings is 1. The van der Waals surface area contributed by atoms with Crippen molar-refractivity contribution in [2.45, 2.75) is 26.3 Å². The van der Waals surface area contributed by atoms with E-state index in [9.17, 15) is 4.79 Å². The van der Waals surface area contributed by atoms with Gasteiger partial charge in [-0.05, 0) is 61.4 Å². The Balaban J connectivity index is 1.76. The third-order valence-electron chi connectivity index (χ3n) is 4.81. The Labute approximate surface area is 190 Å². The number of amides is 1. The molecule has 4 rings (SSSR count). The summed E-state index contributed by atoms with van der Waals surface area (Å²) in [5, 5.41) is 7.96. The van der Waals surface area contributed by atoms with E-state index in [1.54, 1.807) is 23.5 Å². The highest BCUT2D eigenvalue weighted by Crippen LogP contribution is 2.38. The molecule has 1 atom stereocenters. The van der Waals surface area contributed by atoms with Crippen LogP contribution >= 0.6 is 22.9 Å². The molecule has 0 saturated carbocycles. The first-order chi connectivity index (χ1) is 15.0.